The highest BCUT2D eigenvalue weighted by atomic mass is 16.5. The van der Waals surface area contributed by atoms with Crippen molar-refractivity contribution in [3.63, 3.8) is 0 Å². The van der Waals surface area contributed by atoms with Crippen LogP contribution in [0.15, 0.2) is 91.0 Å². The van der Waals surface area contributed by atoms with Crippen LogP contribution in [0.2, 0.25) is 0 Å². The van der Waals surface area contributed by atoms with Gasteiger partial charge in [-0.3, -0.25) is 0 Å². The largest absolute Gasteiger partial charge is 0.396 e. The maximum Gasteiger partial charge on any atom is 0.123 e. The van der Waals surface area contributed by atoms with E-state index in [9.17, 15) is 10.2 Å². The first-order chi connectivity index (χ1) is 13.3. The van der Waals surface area contributed by atoms with Crippen LogP contribution in [-0.2, 0) is 16.9 Å². The van der Waals surface area contributed by atoms with Gasteiger partial charge in [-0.15, -0.1) is 0 Å². The van der Waals surface area contributed by atoms with E-state index in [0.29, 0.717) is 13.0 Å². The minimum atomic E-state index is -0.943. The number of aliphatic hydroxyl groups excluding tert-OH is 2. The molecule has 2 N–H and O–H groups in total. The molecule has 0 aromatic heterocycles. The van der Waals surface area contributed by atoms with Crippen molar-refractivity contribution in [2.24, 2.45) is 0 Å². The van der Waals surface area contributed by atoms with E-state index >= 15 is 0 Å². The molecule has 0 saturated carbocycles. The molecular formula is C24H26O3. The van der Waals surface area contributed by atoms with E-state index < -0.39 is 5.60 Å². The van der Waals surface area contributed by atoms with Gasteiger partial charge in [0, 0.05) is 12.5 Å². The fraction of sp³-hybridized carbons (Fsp3) is 0.250. The fourth-order valence-electron chi connectivity index (χ4n) is 3.62. The summed E-state index contributed by atoms with van der Waals surface area (Å²) in [5.41, 5.74) is 2.05. The summed E-state index contributed by atoms with van der Waals surface area (Å²) in [6.45, 7) is 0.220. The van der Waals surface area contributed by atoms with Crippen LogP contribution >= 0.6 is 0 Å². The summed E-state index contributed by atoms with van der Waals surface area (Å²) >= 11 is 0. The van der Waals surface area contributed by atoms with Crippen molar-refractivity contribution in [1.29, 1.82) is 0 Å². The summed E-state index contributed by atoms with van der Waals surface area (Å²) in [6.07, 6.45) is 0.494. The lowest BCUT2D eigenvalue weighted by Crippen LogP contribution is -2.41. The zero-order valence-electron chi connectivity index (χ0n) is 15.4. The molecule has 0 bridgehead atoms. The summed E-state index contributed by atoms with van der Waals surface area (Å²) in [5.74, 6) is -0.181. The van der Waals surface area contributed by atoms with Crippen LogP contribution in [-0.4, -0.2) is 23.4 Å². The van der Waals surface area contributed by atoms with E-state index in [1.807, 2.05) is 91.0 Å². The normalized spacial score (nSPS) is 14.4. The molecule has 140 valence electrons. The molecule has 3 nitrogen and oxygen atoms in total. The van der Waals surface area contributed by atoms with E-state index in [1.165, 1.54) is 0 Å². The van der Waals surface area contributed by atoms with Crippen molar-refractivity contribution >= 4 is 0 Å². The molecule has 0 saturated heterocycles. The molecule has 3 rings (SSSR count). The van der Waals surface area contributed by atoms with Crippen LogP contribution in [0.5, 0.6) is 0 Å². The first kappa shape index (κ1) is 19.3. The smallest absolute Gasteiger partial charge is 0.123 e. The second-order valence-corrected chi connectivity index (χ2v) is 6.66. The summed E-state index contributed by atoms with van der Waals surface area (Å²) in [7, 11) is 0. The van der Waals surface area contributed by atoms with Gasteiger partial charge < -0.3 is 14.9 Å². The van der Waals surface area contributed by atoms with Crippen molar-refractivity contribution in [2.75, 3.05) is 13.2 Å². The average molecular weight is 362 g/mol. The van der Waals surface area contributed by atoms with Crippen molar-refractivity contribution in [2.45, 2.75) is 24.5 Å². The molecule has 0 unspecified atom stereocenters. The van der Waals surface area contributed by atoms with E-state index in [2.05, 4.69) is 0 Å². The highest BCUT2D eigenvalue weighted by Crippen LogP contribution is 2.42. The molecule has 0 fully saturated rings. The number of hydrogen-bond donors (Lipinski definition) is 2. The summed E-state index contributed by atoms with van der Waals surface area (Å²) in [4.78, 5) is 0. The Kier molecular flexibility index (Phi) is 6.77. The van der Waals surface area contributed by atoms with E-state index in [0.717, 1.165) is 16.7 Å². The van der Waals surface area contributed by atoms with Gasteiger partial charge in [0.2, 0.25) is 0 Å². The third-order valence-corrected chi connectivity index (χ3v) is 5.02. The van der Waals surface area contributed by atoms with Gasteiger partial charge in [-0.05, 0) is 23.1 Å². The molecule has 0 heterocycles. The third kappa shape index (κ3) is 4.45. The molecule has 2 atom stereocenters. The molecule has 3 aromatic rings. The topological polar surface area (TPSA) is 49.7 Å². The third-order valence-electron chi connectivity index (χ3n) is 5.02. The maximum atomic E-state index is 10.6. The molecule has 0 radical (unpaired) electrons. The maximum absolute atomic E-state index is 10.6. The van der Waals surface area contributed by atoms with Gasteiger partial charge in [0.1, 0.15) is 5.60 Å². The zero-order valence-corrected chi connectivity index (χ0v) is 15.4. The van der Waals surface area contributed by atoms with Crippen LogP contribution in [0.1, 0.15) is 29.0 Å². The Hall–Kier alpha value is -2.46. The van der Waals surface area contributed by atoms with Gasteiger partial charge in [0.15, 0.2) is 0 Å². The first-order valence-corrected chi connectivity index (χ1v) is 9.30. The Morgan fingerprint density at radius 2 is 1.30 bits per heavy atom. The van der Waals surface area contributed by atoms with Crippen LogP contribution < -0.4 is 0 Å². The lowest BCUT2D eigenvalue weighted by molar-refractivity contribution is -0.116. The van der Waals surface area contributed by atoms with Crippen molar-refractivity contribution in [3.8, 4) is 0 Å². The van der Waals surface area contributed by atoms with Gasteiger partial charge in [0.25, 0.3) is 0 Å². The number of ether oxygens (including phenoxy) is 1. The average Bonchev–Trinajstić information content (AvgIpc) is 2.76. The van der Waals surface area contributed by atoms with Gasteiger partial charge >= 0.3 is 0 Å². The number of aliphatic hydroxyl groups is 2. The lowest BCUT2D eigenvalue weighted by Gasteiger charge is -2.40. The zero-order chi connectivity index (χ0) is 19.0. The quantitative estimate of drug-likeness (QED) is 0.598. The summed E-state index contributed by atoms with van der Waals surface area (Å²) < 4.78 is 6.46. The predicted octanol–water partition coefficient (Wildman–Crippen LogP) is 4.26. The second kappa shape index (κ2) is 9.47. The first-order valence-electron chi connectivity index (χ1n) is 9.30. The van der Waals surface area contributed by atoms with Gasteiger partial charge in [0.05, 0.1) is 13.2 Å². The highest BCUT2D eigenvalue weighted by Gasteiger charge is 2.41. The molecule has 3 heteroatoms. The Morgan fingerprint density at radius 3 is 1.85 bits per heavy atom. The molecule has 0 spiro atoms. The number of rotatable bonds is 9. The molecule has 0 aliphatic heterocycles. The van der Waals surface area contributed by atoms with Crippen molar-refractivity contribution in [3.05, 3.63) is 108 Å². The van der Waals surface area contributed by atoms with Gasteiger partial charge in [-0.25, -0.2) is 0 Å². The lowest BCUT2D eigenvalue weighted by atomic mass is 9.75. The van der Waals surface area contributed by atoms with Crippen LogP contribution in [0.3, 0.4) is 0 Å². The molecule has 3 aromatic carbocycles. The van der Waals surface area contributed by atoms with Crippen LogP contribution in [0.25, 0.3) is 0 Å². The highest BCUT2D eigenvalue weighted by molar-refractivity contribution is 5.32. The Labute approximate surface area is 160 Å². The van der Waals surface area contributed by atoms with Gasteiger partial charge in [-0.2, -0.15) is 0 Å². The summed E-state index contributed by atoms with van der Waals surface area (Å²) in [5, 5.41) is 20.3. The van der Waals surface area contributed by atoms with Gasteiger partial charge in [-0.1, -0.05) is 91.0 Å². The summed E-state index contributed by atoms with van der Waals surface area (Å²) in [6, 6.07) is 29.7. The van der Waals surface area contributed by atoms with E-state index in [-0.39, 0.29) is 19.1 Å². The minimum Gasteiger partial charge on any atom is -0.396 e. The standard InChI is InChI=1S/C24H26O3/c25-17-16-23(21-12-6-2-7-13-21)24(19-26,22-14-8-3-9-15-22)27-18-20-10-4-1-5-11-20/h1-15,23,25-26H,16-19H2/t23-,24+/m0/s1. The molecule has 0 aliphatic rings. The Balaban J connectivity index is 2.04. The van der Waals surface area contributed by atoms with E-state index in [4.69, 9.17) is 4.74 Å². The Bertz CT molecular complexity index is 790. The molecule has 0 amide bonds. The van der Waals surface area contributed by atoms with Crippen molar-refractivity contribution in [1.82, 2.24) is 0 Å². The van der Waals surface area contributed by atoms with Crippen LogP contribution in [0.4, 0.5) is 0 Å². The van der Waals surface area contributed by atoms with Crippen molar-refractivity contribution < 1.29 is 14.9 Å². The van der Waals surface area contributed by atoms with E-state index in [1.54, 1.807) is 0 Å². The number of hydrogen-bond acceptors (Lipinski definition) is 3. The molecular weight excluding hydrogens is 336 g/mol. The molecule has 27 heavy (non-hydrogen) atoms. The second-order valence-electron chi connectivity index (χ2n) is 6.66. The fourth-order valence-corrected chi connectivity index (χ4v) is 3.62. The molecule has 0 aliphatic carbocycles. The minimum absolute atomic E-state index is 0.0167. The SMILES string of the molecule is OCC[C@@H](c1ccccc1)[C@](CO)(OCc1ccccc1)c1ccccc1. The Morgan fingerprint density at radius 1 is 0.741 bits per heavy atom. The monoisotopic (exact) mass is 362 g/mol. The van der Waals surface area contributed by atoms with Crippen LogP contribution in [0, 0.1) is 0 Å². The number of benzene rings is 3. The predicted molar refractivity (Wildman–Crippen MR) is 107 cm³/mol.